The zero-order chi connectivity index (χ0) is 18.6. The molecule has 1 saturated heterocycles. The molecule has 27 heavy (non-hydrogen) atoms. The second kappa shape index (κ2) is 8.65. The number of methoxy groups -OCH3 is 1. The summed E-state index contributed by atoms with van der Waals surface area (Å²) >= 11 is 0. The van der Waals surface area contributed by atoms with Gasteiger partial charge in [0.2, 0.25) is 0 Å². The van der Waals surface area contributed by atoms with Crippen LogP contribution in [-0.4, -0.2) is 31.1 Å². The Kier molecular flexibility index (Phi) is 6.02. The zero-order valence-electron chi connectivity index (χ0n) is 17.1. The Hall–Kier alpha value is -1.54. The van der Waals surface area contributed by atoms with Crippen LogP contribution < -0.4 is 4.74 Å². The van der Waals surface area contributed by atoms with Crippen molar-refractivity contribution in [2.75, 3.05) is 20.2 Å². The van der Waals surface area contributed by atoms with Gasteiger partial charge in [0, 0.05) is 12.6 Å². The maximum absolute atomic E-state index is 5.36. The van der Waals surface area contributed by atoms with E-state index < -0.39 is 0 Å². The first-order chi connectivity index (χ1) is 13.2. The average Bonchev–Trinajstić information content (AvgIpc) is 2.74. The van der Waals surface area contributed by atoms with Crippen molar-refractivity contribution in [1.82, 2.24) is 4.90 Å². The van der Waals surface area contributed by atoms with E-state index in [1.165, 1.54) is 80.8 Å². The molecule has 0 spiro atoms. The number of ether oxygens (including phenoxy) is 1. The first-order valence-electron chi connectivity index (χ1n) is 11.1. The predicted octanol–water partition coefficient (Wildman–Crippen LogP) is 6.39. The van der Waals surface area contributed by atoms with E-state index >= 15 is 0 Å². The van der Waals surface area contributed by atoms with E-state index in [2.05, 4.69) is 48.2 Å². The molecule has 2 atom stereocenters. The highest BCUT2D eigenvalue weighted by Crippen LogP contribution is 2.35. The lowest BCUT2D eigenvalue weighted by Gasteiger charge is -2.43. The molecule has 1 heterocycles. The van der Waals surface area contributed by atoms with Gasteiger partial charge in [-0.2, -0.15) is 0 Å². The molecule has 2 aromatic rings. The highest BCUT2D eigenvalue weighted by atomic mass is 16.5. The number of benzene rings is 2. The van der Waals surface area contributed by atoms with E-state index in [4.69, 9.17) is 4.74 Å². The average molecular weight is 366 g/mol. The van der Waals surface area contributed by atoms with Gasteiger partial charge in [-0.15, -0.1) is 0 Å². The first kappa shape index (κ1) is 18.8. The van der Waals surface area contributed by atoms with E-state index in [1.54, 1.807) is 7.11 Å². The third-order valence-electron chi connectivity index (χ3n) is 7.01. The summed E-state index contributed by atoms with van der Waals surface area (Å²) in [6.07, 6.45) is 11.5. The van der Waals surface area contributed by atoms with Gasteiger partial charge in [-0.1, -0.05) is 56.9 Å². The SMILES string of the molecule is COc1ccc2cc(C(C)CN3CCCCC3C3CCCCC3)ccc2c1. The van der Waals surface area contributed by atoms with Crippen molar-refractivity contribution < 1.29 is 4.74 Å². The summed E-state index contributed by atoms with van der Waals surface area (Å²) in [6.45, 7) is 4.93. The number of piperidine rings is 1. The van der Waals surface area contributed by atoms with Crippen LogP contribution in [0.1, 0.15) is 69.8 Å². The van der Waals surface area contributed by atoms with Crippen molar-refractivity contribution in [1.29, 1.82) is 0 Å². The van der Waals surface area contributed by atoms with Gasteiger partial charge in [-0.05, 0) is 72.5 Å². The van der Waals surface area contributed by atoms with Crippen LogP contribution in [0.4, 0.5) is 0 Å². The van der Waals surface area contributed by atoms with Crippen LogP contribution >= 0.6 is 0 Å². The van der Waals surface area contributed by atoms with Crippen LogP contribution in [-0.2, 0) is 0 Å². The maximum Gasteiger partial charge on any atom is 0.119 e. The van der Waals surface area contributed by atoms with Crippen LogP contribution in [0.15, 0.2) is 36.4 Å². The molecule has 0 N–H and O–H groups in total. The molecule has 2 fully saturated rings. The van der Waals surface area contributed by atoms with E-state index in [-0.39, 0.29) is 0 Å². The Bertz CT molecular complexity index is 749. The van der Waals surface area contributed by atoms with Crippen molar-refractivity contribution in [2.24, 2.45) is 5.92 Å². The molecule has 0 aromatic heterocycles. The van der Waals surface area contributed by atoms with Gasteiger partial charge in [-0.3, -0.25) is 4.90 Å². The molecule has 2 nitrogen and oxygen atoms in total. The van der Waals surface area contributed by atoms with Gasteiger partial charge < -0.3 is 4.74 Å². The van der Waals surface area contributed by atoms with Crippen LogP contribution in [0.5, 0.6) is 5.75 Å². The molecule has 0 radical (unpaired) electrons. The summed E-state index contributed by atoms with van der Waals surface area (Å²) in [4.78, 5) is 2.85. The Morgan fingerprint density at radius 2 is 1.67 bits per heavy atom. The van der Waals surface area contributed by atoms with Crippen molar-refractivity contribution in [3.05, 3.63) is 42.0 Å². The second-order valence-corrected chi connectivity index (χ2v) is 8.83. The molecule has 2 unspecified atom stereocenters. The standard InChI is InChI=1S/C25H35NO/c1-19(21-11-12-23-17-24(27-2)14-13-22(23)16-21)18-26-15-7-6-10-25(26)20-8-4-3-5-9-20/h11-14,16-17,19-20,25H,3-10,15,18H2,1-2H3. The van der Waals surface area contributed by atoms with Gasteiger partial charge >= 0.3 is 0 Å². The largest absolute Gasteiger partial charge is 0.497 e. The zero-order valence-corrected chi connectivity index (χ0v) is 17.1. The molecule has 4 rings (SSSR count). The molecule has 2 heteroatoms. The lowest BCUT2D eigenvalue weighted by Crippen LogP contribution is -2.46. The smallest absolute Gasteiger partial charge is 0.119 e. The fourth-order valence-corrected chi connectivity index (χ4v) is 5.43. The number of fused-ring (bicyclic) bond motifs is 1. The van der Waals surface area contributed by atoms with Crippen LogP contribution in [0.3, 0.4) is 0 Å². The topological polar surface area (TPSA) is 12.5 Å². The number of hydrogen-bond acceptors (Lipinski definition) is 2. The highest BCUT2D eigenvalue weighted by Gasteiger charge is 2.31. The van der Waals surface area contributed by atoms with Gasteiger partial charge in [0.05, 0.1) is 7.11 Å². The van der Waals surface area contributed by atoms with E-state index in [0.717, 1.165) is 17.7 Å². The highest BCUT2D eigenvalue weighted by molar-refractivity contribution is 5.84. The summed E-state index contributed by atoms with van der Waals surface area (Å²) in [5.41, 5.74) is 1.47. The fourth-order valence-electron chi connectivity index (χ4n) is 5.43. The summed E-state index contributed by atoms with van der Waals surface area (Å²) in [6, 6.07) is 14.2. The van der Waals surface area contributed by atoms with E-state index in [9.17, 15) is 0 Å². The summed E-state index contributed by atoms with van der Waals surface area (Å²) in [7, 11) is 1.74. The minimum absolute atomic E-state index is 0.584. The minimum atomic E-state index is 0.584. The Labute approximate surface area is 164 Å². The molecular formula is C25H35NO. The van der Waals surface area contributed by atoms with Gasteiger partial charge in [0.1, 0.15) is 5.75 Å². The number of likely N-dealkylation sites (tertiary alicyclic amines) is 1. The quantitative estimate of drug-likeness (QED) is 0.609. The molecule has 1 aliphatic heterocycles. The van der Waals surface area contributed by atoms with Gasteiger partial charge in [0.15, 0.2) is 0 Å². The lowest BCUT2D eigenvalue weighted by molar-refractivity contribution is 0.0769. The third-order valence-corrected chi connectivity index (χ3v) is 7.01. The van der Waals surface area contributed by atoms with E-state index in [1.807, 2.05) is 0 Å². The summed E-state index contributed by atoms with van der Waals surface area (Å²) in [5.74, 6) is 2.47. The lowest BCUT2D eigenvalue weighted by atomic mass is 9.79. The Balaban J connectivity index is 1.48. The normalized spacial score (nSPS) is 23.4. The number of rotatable bonds is 5. The van der Waals surface area contributed by atoms with Crippen LogP contribution in [0.2, 0.25) is 0 Å². The Morgan fingerprint density at radius 3 is 2.48 bits per heavy atom. The van der Waals surface area contributed by atoms with Crippen LogP contribution in [0.25, 0.3) is 10.8 Å². The summed E-state index contributed by atoms with van der Waals surface area (Å²) < 4.78 is 5.36. The predicted molar refractivity (Wildman–Crippen MR) is 115 cm³/mol. The van der Waals surface area contributed by atoms with E-state index in [0.29, 0.717) is 5.92 Å². The monoisotopic (exact) mass is 365 g/mol. The minimum Gasteiger partial charge on any atom is -0.497 e. The van der Waals surface area contributed by atoms with Crippen molar-refractivity contribution in [3.63, 3.8) is 0 Å². The first-order valence-corrected chi connectivity index (χ1v) is 11.1. The molecule has 146 valence electrons. The van der Waals surface area contributed by atoms with Gasteiger partial charge in [-0.25, -0.2) is 0 Å². The molecular weight excluding hydrogens is 330 g/mol. The van der Waals surface area contributed by atoms with Crippen molar-refractivity contribution >= 4 is 10.8 Å². The molecule has 0 amide bonds. The second-order valence-electron chi connectivity index (χ2n) is 8.83. The molecule has 1 saturated carbocycles. The Morgan fingerprint density at radius 1 is 0.926 bits per heavy atom. The molecule has 0 bridgehead atoms. The van der Waals surface area contributed by atoms with Gasteiger partial charge in [0.25, 0.3) is 0 Å². The maximum atomic E-state index is 5.36. The number of nitrogens with zero attached hydrogens (tertiary/aromatic N) is 1. The van der Waals surface area contributed by atoms with Crippen LogP contribution in [0, 0.1) is 5.92 Å². The number of hydrogen-bond donors (Lipinski definition) is 0. The molecule has 2 aliphatic rings. The van der Waals surface area contributed by atoms with Crippen molar-refractivity contribution in [3.8, 4) is 5.75 Å². The third kappa shape index (κ3) is 4.32. The molecule has 2 aromatic carbocycles. The molecule has 1 aliphatic carbocycles. The summed E-state index contributed by atoms with van der Waals surface area (Å²) in [5, 5.41) is 2.59. The fraction of sp³-hybridized carbons (Fsp3) is 0.600. The van der Waals surface area contributed by atoms with Crippen molar-refractivity contribution in [2.45, 2.75) is 70.3 Å².